The number of carbonyl (C=O) groups excluding carboxylic acids is 3. The van der Waals surface area contributed by atoms with Crippen LogP contribution in [0.5, 0.6) is 0 Å². The largest absolute Gasteiger partial charge is 0.462 e. The first-order valence-corrected chi connectivity index (χ1v) is 12.1. The van der Waals surface area contributed by atoms with E-state index >= 15 is 0 Å². The molecule has 2 heterocycles. The van der Waals surface area contributed by atoms with Crippen LogP contribution < -0.4 is 0 Å². The number of rotatable bonds is 3. The van der Waals surface area contributed by atoms with Crippen molar-refractivity contribution in [1.29, 1.82) is 0 Å². The van der Waals surface area contributed by atoms with E-state index in [4.69, 9.17) is 18.9 Å². The predicted molar refractivity (Wildman–Crippen MR) is 122 cm³/mol. The van der Waals surface area contributed by atoms with Crippen LogP contribution >= 0.6 is 0 Å². The van der Waals surface area contributed by atoms with Crippen molar-refractivity contribution in [2.45, 2.75) is 91.0 Å². The van der Waals surface area contributed by atoms with Crippen LogP contribution in [0.1, 0.15) is 60.8 Å². The monoisotopic (exact) mass is 492 g/mol. The fraction of sp³-hybridized carbons (Fsp3) is 0.731. The first kappa shape index (κ1) is 25.9. The van der Waals surface area contributed by atoms with E-state index < -0.39 is 70.8 Å². The van der Waals surface area contributed by atoms with Gasteiger partial charge in [0.05, 0.1) is 12.7 Å². The van der Waals surface area contributed by atoms with E-state index in [0.717, 1.165) is 0 Å². The molecule has 2 aliphatic heterocycles. The topological polar surface area (TPSA) is 129 Å². The number of hydrogen-bond donors (Lipinski definition) is 2. The smallest absolute Gasteiger partial charge is 0.303 e. The Hall–Kier alpha value is -2.23. The first-order chi connectivity index (χ1) is 16.2. The van der Waals surface area contributed by atoms with Gasteiger partial charge >= 0.3 is 17.9 Å². The SMILES string of the molecule is C=C1C(O)CCC2(C)C(OC(C)=O)C(OC(C)=O)C3=C(C)C4(O)CC(C(OC(C)=O)C12)C3(C)CO4. The highest BCUT2D eigenvalue weighted by Crippen LogP contribution is 2.64. The minimum atomic E-state index is -1.67. The Bertz CT molecular complexity index is 1000. The lowest BCUT2D eigenvalue weighted by atomic mass is 9.48. The molecule has 9 unspecified atom stereocenters. The Kier molecular flexibility index (Phi) is 6.22. The molecule has 194 valence electrons. The van der Waals surface area contributed by atoms with Crippen LogP contribution in [0.25, 0.3) is 0 Å². The van der Waals surface area contributed by atoms with Gasteiger partial charge in [-0.2, -0.15) is 0 Å². The molecule has 35 heavy (non-hydrogen) atoms. The number of ether oxygens (including phenoxy) is 4. The molecular formula is C26H36O9. The molecule has 9 atom stereocenters. The Morgan fingerprint density at radius 1 is 1.06 bits per heavy atom. The quantitative estimate of drug-likeness (QED) is 0.346. The summed E-state index contributed by atoms with van der Waals surface area (Å²) in [6.07, 6.45) is -2.72. The zero-order chi connectivity index (χ0) is 26.1. The van der Waals surface area contributed by atoms with Gasteiger partial charge in [0.25, 0.3) is 0 Å². The third kappa shape index (κ3) is 3.83. The summed E-state index contributed by atoms with van der Waals surface area (Å²) in [5.74, 6) is -4.38. The van der Waals surface area contributed by atoms with Crippen molar-refractivity contribution in [2.75, 3.05) is 6.61 Å². The van der Waals surface area contributed by atoms with Crippen LogP contribution in [0.2, 0.25) is 0 Å². The lowest BCUT2D eigenvalue weighted by molar-refractivity contribution is -0.283. The van der Waals surface area contributed by atoms with E-state index in [1.54, 1.807) is 6.92 Å². The molecule has 0 aromatic heterocycles. The molecule has 1 saturated heterocycles. The summed E-state index contributed by atoms with van der Waals surface area (Å²) >= 11 is 0. The molecule has 9 nitrogen and oxygen atoms in total. The van der Waals surface area contributed by atoms with E-state index in [1.165, 1.54) is 20.8 Å². The van der Waals surface area contributed by atoms with E-state index in [0.29, 0.717) is 29.6 Å². The molecule has 3 fully saturated rings. The normalized spacial score (nSPS) is 44.6. The van der Waals surface area contributed by atoms with E-state index in [9.17, 15) is 24.6 Å². The molecule has 0 aromatic rings. The maximum Gasteiger partial charge on any atom is 0.303 e. The lowest BCUT2D eigenvalue weighted by Crippen LogP contribution is -2.69. The second-order valence-corrected chi connectivity index (χ2v) is 11.1. The third-order valence-electron chi connectivity index (χ3n) is 8.85. The number of aliphatic hydroxyl groups is 2. The number of carbonyl (C=O) groups is 3. The molecule has 2 saturated carbocycles. The highest BCUT2D eigenvalue weighted by Gasteiger charge is 2.68. The van der Waals surface area contributed by atoms with Gasteiger partial charge in [0.15, 0.2) is 11.9 Å². The Labute approximate surface area is 205 Å². The van der Waals surface area contributed by atoms with Crippen molar-refractivity contribution in [3.8, 4) is 0 Å². The molecule has 0 amide bonds. The van der Waals surface area contributed by atoms with Gasteiger partial charge in [-0.1, -0.05) is 20.4 Å². The van der Waals surface area contributed by atoms with Crippen LogP contribution in [0, 0.1) is 22.7 Å². The summed E-state index contributed by atoms with van der Waals surface area (Å²) in [5, 5.41) is 22.4. The van der Waals surface area contributed by atoms with Gasteiger partial charge in [-0.25, -0.2) is 0 Å². The molecule has 0 spiro atoms. The highest BCUT2D eigenvalue weighted by molar-refractivity contribution is 5.68. The van der Waals surface area contributed by atoms with Gasteiger partial charge in [0, 0.05) is 49.9 Å². The second-order valence-electron chi connectivity index (χ2n) is 11.1. The van der Waals surface area contributed by atoms with Crippen molar-refractivity contribution in [1.82, 2.24) is 0 Å². The highest BCUT2D eigenvalue weighted by atomic mass is 16.6. The Morgan fingerprint density at radius 3 is 2.23 bits per heavy atom. The summed E-state index contributed by atoms with van der Waals surface area (Å²) in [7, 11) is 0. The second kappa shape index (κ2) is 8.42. The zero-order valence-electron chi connectivity index (χ0n) is 21.3. The molecule has 3 aliphatic carbocycles. The molecule has 2 N–H and O–H groups in total. The third-order valence-corrected chi connectivity index (χ3v) is 8.85. The van der Waals surface area contributed by atoms with Gasteiger partial charge in [-0.15, -0.1) is 0 Å². The van der Waals surface area contributed by atoms with Gasteiger partial charge in [0.2, 0.25) is 0 Å². The number of hydrogen-bond acceptors (Lipinski definition) is 9. The van der Waals surface area contributed by atoms with Crippen LogP contribution in [0.4, 0.5) is 0 Å². The molecule has 9 heteroatoms. The average Bonchev–Trinajstić information content (AvgIpc) is 2.73. The molecular weight excluding hydrogens is 456 g/mol. The molecule has 5 rings (SSSR count). The number of esters is 3. The van der Waals surface area contributed by atoms with Gasteiger partial charge in [0.1, 0.15) is 12.2 Å². The predicted octanol–water partition coefficient (Wildman–Crippen LogP) is 2.19. The fourth-order valence-electron chi connectivity index (χ4n) is 7.22. The zero-order valence-corrected chi connectivity index (χ0v) is 21.3. The summed E-state index contributed by atoms with van der Waals surface area (Å²) in [6.45, 7) is 13.7. The van der Waals surface area contributed by atoms with E-state index in [-0.39, 0.29) is 13.0 Å². The lowest BCUT2D eigenvalue weighted by Gasteiger charge is -2.64. The van der Waals surface area contributed by atoms with Crippen molar-refractivity contribution in [2.24, 2.45) is 22.7 Å². The van der Waals surface area contributed by atoms with Crippen molar-refractivity contribution in [3.05, 3.63) is 23.3 Å². The number of fused-ring (bicyclic) bond motifs is 2. The van der Waals surface area contributed by atoms with Crippen molar-refractivity contribution >= 4 is 17.9 Å². The molecule has 4 bridgehead atoms. The average molecular weight is 493 g/mol. The van der Waals surface area contributed by atoms with Crippen molar-refractivity contribution < 1.29 is 43.5 Å². The standard InChI is InChI=1S/C26H36O9/c1-12-18(30)8-9-24(6)19(12)21(33-14(3)27)17-10-26(31)13(2)20(25(17,7)11-32-26)22(34-15(4)28)23(24)35-16(5)29/h17-19,21-23,30-31H,1,8-11H2,2-7H3. The van der Waals surface area contributed by atoms with Crippen LogP contribution in [-0.4, -0.2) is 64.9 Å². The minimum Gasteiger partial charge on any atom is -0.462 e. The summed E-state index contributed by atoms with van der Waals surface area (Å²) in [5.41, 5.74) is -0.132. The Morgan fingerprint density at radius 2 is 1.66 bits per heavy atom. The molecule has 0 radical (unpaired) electrons. The van der Waals surface area contributed by atoms with Gasteiger partial charge in [-0.05, 0) is 36.5 Å². The maximum atomic E-state index is 12.4. The fourth-order valence-corrected chi connectivity index (χ4v) is 7.22. The molecule has 0 aromatic carbocycles. The molecule has 5 aliphatic rings. The maximum absolute atomic E-state index is 12.4. The van der Waals surface area contributed by atoms with E-state index in [1.807, 2.05) is 13.8 Å². The summed E-state index contributed by atoms with van der Waals surface area (Å²) in [6, 6.07) is 0. The Balaban J connectivity index is 2.06. The minimum absolute atomic E-state index is 0.0849. The van der Waals surface area contributed by atoms with Crippen LogP contribution in [-0.2, 0) is 33.3 Å². The van der Waals surface area contributed by atoms with Gasteiger partial charge in [-0.3, -0.25) is 14.4 Å². The number of aliphatic hydroxyl groups excluding tert-OH is 1. The summed E-state index contributed by atoms with van der Waals surface area (Å²) in [4.78, 5) is 37.2. The van der Waals surface area contributed by atoms with Crippen LogP contribution in [0.3, 0.4) is 0 Å². The van der Waals surface area contributed by atoms with Crippen LogP contribution in [0.15, 0.2) is 23.3 Å². The first-order valence-electron chi connectivity index (χ1n) is 12.1. The van der Waals surface area contributed by atoms with E-state index in [2.05, 4.69) is 6.58 Å². The van der Waals surface area contributed by atoms with Crippen molar-refractivity contribution in [3.63, 3.8) is 0 Å². The van der Waals surface area contributed by atoms with Gasteiger partial charge < -0.3 is 29.2 Å². The summed E-state index contributed by atoms with van der Waals surface area (Å²) < 4.78 is 23.7.